The Kier molecular flexibility index (Phi) is 7.22. The molecule has 4 rings (SSSR count). The summed E-state index contributed by atoms with van der Waals surface area (Å²) in [6, 6.07) is 20.3. The highest BCUT2D eigenvalue weighted by Crippen LogP contribution is 2.24. The van der Waals surface area contributed by atoms with Gasteiger partial charge in [0.05, 0.1) is 10.6 Å². The number of benzene rings is 3. The minimum Gasteiger partial charge on any atom is -0.312 e. The van der Waals surface area contributed by atoms with Crippen LogP contribution in [0.25, 0.3) is 0 Å². The van der Waals surface area contributed by atoms with E-state index in [4.69, 9.17) is 0 Å². The van der Waals surface area contributed by atoms with Gasteiger partial charge in [-0.1, -0.05) is 48.9 Å². The first-order valence-corrected chi connectivity index (χ1v) is 12.7. The second-order valence-electron chi connectivity index (χ2n) is 8.32. The van der Waals surface area contributed by atoms with Crippen LogP contribution in [0.3, 0.4) is 0 Å². The third-order valence-electron chi connectivity index (χ3n) is 5.93. The van der Waals surface area contributed by atoms with Gasteiger partial charge in [-0.05, 0) is 85.2 Å². The predicted octanol–water partition coefficient (Wildman–Crippen LogP) is 5.23. The van der Waals surface area contributed by atoms with Crippen molar-refractivity contribution in [3.05, 3.63) is 94.8 Å². The van der Waals surface area contributed by atoms with Crippen LogP contribution >= 0.6 is 0 Å². The molecule has 0 amide bonds. The molecule has 2 N–H and O–H groups in total. The third kappa shape index (κ3) is 5.75. The first-order valence-electron chi connectivity index (χ1n) is 11.2. The fraction of sp³-hybridized carbons (Fsp3) is 0.308. The van der Waals surface area contributed by atoms with Crippen LogP contribution in [0.1, 0.15) is 41.5 Å². The summed E-state index contributed by atoms with van der Waals surface area (Å²) in [7, 11) is -3.84. The van der Waals surface area contributed by atoms with E-state index in [1.165, 1.54) is 17.7 Å². The van der Waals surface area contributed by atoms with Gasteiger partial charge in [0.1, 0.15) is 5.82 Å². The molecule has 1 aliphatic rings. The summed E-state index contributed by atoms with van der Waals surface area (Å²) >= 11 is 0. The van der Waals surface area contributed by atoms with Gasteiger partial charge in [0, 0.05) is 6.54 Å². The van der Waals surface area contributed by atoms with Crippen LogP contribution < -0.4 is 10.0 Å². The Labute approximate surface area is 189 Å². The molecule has 0 bridgehead atoms. The summed E-state index contributed by atoms with van der Waals surface area (Å²) < 4.78 is 42.6. The van der Waals surface area contributed by atoms with Crippen LogP contribution in [0, 0.1) is 5.82 Å². The zero-order chi connectivity index (χ0) is 22.4. The summed E-state index contributed by atoms with van der Waals surface area (Å²) in [5.41, 5.74) is 4.33. The van der Waals surface area contributed by atoms with Crippen LogP contribution in [0.2, 0.25) is 0 Å². The van der Waals surface area contributed by atoms with Gasteiger partial charge < -0.3 is 5.32 Å². The van der Waals surface area contributed by atoms with E-state index >= 15 is 0 Å². The molecule has 0 fully saturated rings. The predicted molar refractivity (Wildman–Crippen MR) is 127 cm³/mol. The van der Waals surface area contributed by atoms with E-state index in [-0.39, 0.29) is 10.6 Å². The number of nitrogens with one attached hydrogen (secondary N) is 2. The molecule has 32 heavy (non-hydrogen) atoms. The topological polar surface area (TPSA) is 58.2 Å². The number of halogens is 1. The Morgan fingerprint density at radius 3 is 2.41 bits per heavy atom. The standard InChI is InChI=1S/C26H29FN2O2S/c27-25-17-21(10-6-2-5-9-20-7-3-1-4-8-20)11-14-26(25)29-32(30,31)24-13-12-23-19-28-16-15-22(23)18-24/h1,3-4,7-8,11-14,17-18,28-29H,2,5-6,9-10,15-16,19H2. The Morgan fingerprint density at radius 2 is 1.62 bits per heavy atom. The van der Waals surface area contributed by atoms with Crippen LogP contribution in [0.15, 0.2) is 71.6 Å². The van der Waals surface area contributed by atoms with Gasteiger partial charge in [0.25, 0.3) is 10.0 Å². The SMILES string of the molecule is O=S(=O)(Nc1ccc(CCCCCc2ccccc2)cc1F)c1ccc2c(c1)CCNC2. The normalized spacial score (nSPS) is 13.5. The number of rotatable bonds is 9. The van der Waals surface area contributed by atoms with E-state index in [1.807, 2.05) is 12.1 Å². The highest BCUT2D eigenvalue weighted by Gasteiger charge is 2.19. The van der Waals surface area contributed by atoms with Crippen molar-refractivity contribution in [2.24, 2.45) is 0 Å². The van der Waals surface area contributed by atoms with Gasteiger partial charge >= 0.3 is 0 Å². The zero-order valence-corrected chi connectivity index (χ0v) is 18.9. The van der Waals surface area contributed by atoms with Crippen LogP contribution in [0.5, 0.6) is 0 Å². The molecular weight excluding hydrogens is 423 g/mol. The van der Waals surface area contributed by atoms with E-state index in [9.17, 15) is 12.8 Å². The number of hydrogen-bond acceptors (Lipinski definition) is 3. The molecule has 0 aromatic heterocycles. The molecule has 3 aromatic carbocycles. The van der Waals surface area contributed by atoms with Crippen molar-refractivity contribution in [2.75, 3.05) is 11.3 Å². The number of anilines is 1. The lowest BCUT2D eigenvalue weighted by Crippen LogP contribution is -2.24. The van der Waals surface area contributed by atoms with Gasteiger partial charge in [-0.15, -0.1) is 0 Å². The lowest BCUT2D eigenvalue weighted by atomic mass is 10.0. The summed E-state index contributed by atoms with van der Waals surface area (Å²) in [5, 5.41) is 3.27. The molecular formula is C26H29FN2O2S. The first-order chi connectivity index (χ1) is 15.5. The molecule has 6 heteroatoms. The van der Waals surface area contributed by atoms with E-state index in [0.29, 0.717) is 0 Å². The second-order valence-corrected chi connectivity index (χ2v) is 10.0. The molecule has 0 unspecified atom stereocenters. The van der Waals surface area contributed by atoms with E-state index in [0.717, 1.165) is 68.3 Å². The second kappa shape index (κ2) is 10.3. The van der Waals surface area contributed by atoms with Crippen molar-refractivity contribution in [1.29, 1.82) is 0 Å². The summed E-state index contributed by atoms with van der Waals surface area (Å²) in [4.78, 5) is 0.167. The lowest BCUT2D eigenvalue weighted by Gasteiger charge is -2.18. The smallest absolute Gasteiger partial charge is 0.261 e. The van der Waals surface area contributed by atoms with E-state index in [1.54, 1.807) is 18.2 Å². The third-order valence-corrected chi connectivity index (χ3v) is 7.29. The van der Waals surface area contributed by atoms with Crippen molar-refractivity contribution in [1.82, 2.24) is 5.32 Å². The molecule has 0 radical (unpaired) electrons. The van der Waals surface area contributed by atoms with Crippen molar-refractivity contribution in [3.63, 3.8) is 0 Å². The van der Waals surface area contributed by atoms with Gasteiger partial charge in [0.15, 0.2) is 0 Å². The number of aryl methyl sites for hydroxylation is 2. The molecule has 1 heterocycles. The van der Waals surface area contributed by atoms with Crippen LogP contribution in [-0.4, -0.2) is 15.0 Å². The molecule has 0 atom stereocenters. The zero-order valence-electron chi connectivity index (χ0n) is 18.1. The van der Waals surface area contributed by atoms with Crippen molar-refractivity contribution >= 4 is 15.7 Å². The molecule has 4 nitrogen and oxygen atoms in total. The number of sulfonamides is 1. The number of fused-ring (bicyclic) bond motifs is 1. The highest BCUT2D eigenvalue weighted by atomic mass is 32.2. The van der Waals surface area contributed by atoms with E-state index < -0.39 is 15.8 Å². The number of unbranched alkanes of at least 4 members (excludes halogenated alkanes) is 2. The summed E-state index contributed by atoms with van der Waals surface area (Å²) in [6.07, 6.45) is 5.75. The molecule has 0 aliphatic carbocycles. The van der Waals surface area contributed by atoms with Crippen molar-refractivity contribution < 1.29 is 12.8 Å². The Hall–Kier alpha value is -2.70. The highest BCUT2D eigenvalue weighted by molar-refractivity contribution is 7.92. The van der Waals surface area contributed by atoms with Crippen molar-refractivity contribution in [3.8, 4) is 0 Å². The monoisotopic (exact) mass is 452 g/mol. The quantitative estimate of drug-likeness (QED) is 0.437. The summed E-state index contributed by atoms with van der Waals surface area (Å²) in [5.74, 6) is -0.544. The van der Waals surface area contributed by atoms with Gasteiger partial charge in [-0.25, -0.2) is 12.8 Å². The fourth-order valence-electron chi connectivity index (χ4n) is 4.10. The van der Waals surface area contributed by atoms with Crippen LogP contribution in [0.4, 0.5) is 10.1 Å². The Balaban J connectivity index is 1.32. The molecule has 3 aromatic rings. The maximum absolute atomic E-state index is 14.6. The van der Waals surface area contributed by atoms with Crippen LogP contribution in [-0.2, 0) is 35.8 Å². The van der Waals surface area contributed by atoms with Gasteiger partial charge in [-0.2, -0.15) is 0 Å². The molecule has 0 spiro atoms. The molecule has 1 aliphatic heterocycles. The molecule has 0 saturated carbocycles. The lowest BCUT2D eigenvalue weighted by molar-refractivity contribution is 0.597. The average molecular weight is 453 g/mol. The maximum atomic E-state index is 14.6. The largest absolute Gasteiger partial charge is 0.312 e. The summed E-state index contributed by atoms with van der Waals surface area (Å²) in [6.45, 7) is 1.57. The van der Waals surface area contributed by atoms with E-state index in [2.05, 4.69) is 34.3 Å². The van der Waals surface area contributed by atoms with Crippen molar-refractivity contribution in [2.45, 2.75) is 50.0 Å². The first kappa shape index (κ1) is 22.5. The molecule has 0 saturated heterocycles. The average Bonchev–Trinajstić information content (AvgIpc) is 2.81. The van der Waals surface area contributed by atoms with Gasteiger partial charge in [0.2, 0.25) is 0 Å². The fourth-order valence-corrected chi connectivity index (χ4v) is 5.22. The van der Waals surface area contributed by atoms with Gasteiger partial charge in [-0.3, -0.25) is 4.72 Å². The molecule has 168 valence electrons. The number of hydrogen-bond donors (Lipinski definition) is 2. The Morgan fingerprint density at radius 1 is 0.844 bits per heavy atom. The minimum absolute atomic E-state index is 0.0165. The maximum Gasteiger partial charge on any atom is 0.261 e. The Bertz CT molecular complexity index is 1160. The minimum atomic E-state index is -3.84.